The van der Waals surface area contributed by atoms with Crippen LogP contribution in [0.2, 0.25) is 0 Å². The van der Waals surface area contributed by atoms with E-state index in [0.717, 1.165) is 48.9 Å². The van der Waals surface area contributed by atoms with Crippen LogP contribution in [0.25, 0.3) is 22.3 Å². The van der Waals surface area contributed by atoms with E-state index in [0.29, 0.717) is 17.3 Å². The molecule has 0 saturated carbocycles. The molecular weight excluding hydrogens is 338 g/mol. The van der Waals surface area contributed by atoms with Crippen molar-refractivity contribution in [3.8, 4) is 11.4 Å². The van der Waals surface area contributed by atoms with Gasteiger partial charge in [-0.05, 0) is 37.9 Å². The highest BCUT2D eigenvalue weighted by Crippen LogP contribution is 2.27. The number of rotatable bonds is 4. The van der Waals surface area contributed by atoms with Crippen molar-refractivity contribution in [1.82, 2.24) is 24.8 Å². The van der Waals surface area contributed by atoms with Crippen molar-refractivity contribution in [3.63, 3.8) is 0 Å². The van der Waals surface area contributed by atoms with Crippen LogP contribution in [-0.2, 0) is 7.05 Å². The van der Waals surface area contributed by atoms with Gasteiger partial charge in [-0.3, -0.25) is 4.79 Å². The Labute approximate surface area is 159 Å². The fourth-order valence-corrected chi connectivity index (χ4v) is 3.85. The Morgan fingerprint density at radius 3 is 2.67 bits per heavy atom. The van der Waals surface area contributed by atoms with Crippen molar-refractivity contribution in [2.75, 3.05) is 26.7 Å². The van der Waals surface area contributed by atoms with E-state index >= 15 is 0 Å². The molecule has 0 spiro atoms. The summed E-state index contributed by atoms with van der Waals surface area (Å²) in [6.07, 6.45) is 7.56. The van der Waals surface area contributed by atoms with E-state index < -0.39 is 0 Å². The third-order valence-electron chi connectivity index (χ3n) is 5.37. The van der Waals surface area contributed by atoms with Gasteiger partial charge in [-0.15, -0.1) is 0 Å². The lowest BCUT2D eigenvalue weighted by atomic mass is 9.97. The maximum Gasteiger partial charge on any atom is 0.256 e. The number of aryl methyl sites for hydroxylation is 1. The zero-order valence-electron chi connectivity index (χ0n) is 15.9. The smallest absolute Gasteiger partial charge is 0.256 e. The van der Waals surface area contributed by atoms with Gasteiger partial charge in [0.2, 0.25) is 0 Å². The molecule has 1 aromatic carbocycles. The van der Waals surface area contributed by atoms with Crippen LogP contribution in [0.5, 0.6) is 0 Å². The zero-order chi connectivity index (χ0) is 18.8. The minimum atomic E-state index is -0.0157. The molecule has 6 heteroatoms. The molecule has 1 fully saturated rings. The summed E-state index contributed by atoms with van der Waals surface area (Å²) < 4.78 is 2.07. The number of carbonyl (C=O) groups excluding carboxylic acids is 1. The van der Waals surface area contributed by atoms with E-state index in [1.807, 2.05) is 32.4 Å². The molecular formula is C21H25N5O. The molecule has 1 amide bonds. The first kappa shape index (κ1) is 17.7. The lowest BCUT2D eigenvalue weighted by molar-refractivity contribution is 0.0762. The van der Waals surface area contributed by atoms with Crippen molar-refractivity contribution in [3.05, 3.63) is 48.4 Å². The van der Waals surface area contributed by atoms with Crippen LogP contribution < -0.4 is 5.32 Å². The van der Waals surface area contributed by atoms with E-state index in [2.05, 4.69) is 32.0 Å². The molecule has 3 aromatic rings. The molecule has 140 valence electrons. The Morgan fingerprint density at radius 2 is 1.93 bits per heavy atom. The van der Waals surface area contributed by atoms with Gasteiger partial charge in [-0.1, -0.05) is 18.2 Å². The number of aromatic nitrogens is 3. The van der Waals surface area contributed by atoms with Crippen molar-refractivity contribution in [1.29, 1.82) is 0 Å². The zero-order valence-corrected chi connectivity index (χ0v) is 15.9. The number of nitrogens with zero attached hydrogens (tertiary/aromatic N) is 4. The quantitative estimate of drug-likeness (QED) is 0.774. The molecule has 0 atom stereocenters. The standard InChI is InChI=1S/C21H25N5O/c1-25-14-18(17-5-3-4-6-19(17)25)20-23-11-16(12-24-20)21(27)26(2)13-15-7-9-22-10-8-15/h3-6,11-12,14-15,22H,7-10,13H2,1-2H3. The van der Waals surface area contributed by atoms with Gasteiger partial charge >= 0.3 is 0 Å². The molecule has 2 aromatic heterocycles. The Bertz CT molecular complexity index is 941. The molecule has 0 bridgehead atoms. The van der Waals surface area contributed by atoms with Gasteiger partial charge in [-0.25, -0.2) is 9.97 Å². The number of fused-ring (bicyclic) bond motifs is 1. The van der Waals surface area contributed by atoms with Gasteiger partial charge in [0.15, 0.2) is 5.82 Å². The first-order valence-electron chi connectivity index (χ1n) is 9.46. The van der Waals surface area contributed by atoms with Crippen LogP contribution in [0.4, 0.5) is 0 Å². The molecule has 0 aliphatic carbocycles. The van der Waals surface area contributed by atoms with E-state index in [1.165, 1.54) is 0 Å². The first-order valence-corrected chi connectivity index (χ1v) is 9.46. The van der Waals surface area contributed by atoms with Gasteiger partial charge in [0.1, 0.15) is 0 Å². The predicted octanol–water partition coefficient (Wildman–Crippen LogP) is 2.71. The number of hydrogen-bond donors (Lipinski definition) is 1. The summed E-state index contributed by atoms with van der Waals surface area (Å²) >= 11 is 0. The molecule has 4 rings (SSSR count). The fraction of sp³-hybridized carbons (Fsp3) is 0.381. The maximum atomic E-state index is 12.7. The van der Waals surface area contributed by atoms with Crippen molar-refractivity contribution >= 4 is 16.8 Å². The second-order valence-corrected chi connectivity index (χ2v) is 7.35. The van der Waals surface area contributed by atoms with Crippen LogP contribution in [-0.4, -0.2) is 52.0 Å². The Morgan fingerprint density at radius 1 is 1.22 bits per heavy atom. The van der Waals surface area contributed by atoms with Crippen LogP contribution in [0.1, 0.15) is 23.2 Å². The van der Waals surface area contributed by atoms with Gasteiger partial charge in [-0.2, -0.15) is 0 Å². The molecule has 1 aliphatic heterocycles. The van der Waals surface area contributed by atoms with Crippen LogP contribution >= 0.6 is 0 Å². The summed E-state index contributed by atoms with van der Waals surface area (Å²) in [4.78, 5) is 23.5. The van der Waals surface area contributed by atoms with Crippen molar-refractivity contribution in [2.24, 2.45) is 13.0 Å². The minimum absolute atomic E-state index is 0.0157. The van der Waals surface area contributed by atoms with E-state index in [4.69, 9.17) is 0 Å². The number of hydrogen-bond acceptors (Lipinski definition) is 4. The maximum absolute atomic E-state index is 12.7. The minimum Gasteiger partial charge on any atom is -0.350 e. The Balaban J connectivity index is 1.52. The first-order chi connectivity index (χ1) is 13.1. The van der Waals surface area contributed by atoms with E-state index in [-0.39, 0.29) is 5.91 Å². The number of carbonyl (C=O) groups is 1. The molecule has 0 radical (unpaired) electrons. The van der Waals surface area contributed by atoms with Gasteiger partial charge in [0.25, 0.3) is 5.91 Å². The summed E-state index contributed by atoms with van der Waals surface area (Å²) in [6.45, 7) is 2.86. The average molecular weight is 363 g/mol. The predicted molar refractivity (Wildman–Crippen MR) is 106 cm³/mol. The third kappa shape index (κ3) is 3.57. The number of para-hydroxylation sites is 1. The molecule has 0 unspecified atom stereocenters. The summed E-state index contributed by atoms with van der Waals surface area (Å²) in [5, 5.41) is 4.47. The van der Waals surface area contributed by atoms with Crippen molar-refractivity contribution < 1.29 is 4.79 Å². The Kier molecular flexibility index (Phi) is 4.90. The van der Waals surface area contributed by atoms with Gasteiger partial charge < -0.3 is 14.8 Å². The van der Waals surface area contributed by atoms with Gasteiger partial charge in [0, 0.05) is 55.7 Å². The second kappa shape index (κ2) is 7.48. The van der Waals surface area contributed by atoms with Gasteiger partial charge in [0.05, 0.1) is 5.56 Å². The monoisotopic (exact) mass is 363 g/mol. The normalized spacial score (nSPS) is 15.2. The summed E-state index contributed by atoms with van der Waals surface area (Å²) in [7, 11) is 3.88. The van der Waals surface area contributed by atoms with Crippen molar-refractivity contribution in [2.45, 2.75) is 12.8 Å². The summed E-state index contributed by atoms with van der Waals surface area (Å²) in [5.74, 6) is 1.19. The highest BCUT2D eigenvalue weighted by molar-refractivity contribution is 5.95. The van der Waals surface area contributed by atoms with E-state index in [1.54, 1.807) is 17.3 Å². The topological polar surface area (TPSA) is 63.1 Å². The van der Waals surface area contributed by atoms with Crippen LogP contribution in [0.15, 0.2) is 42.9 Å². The summed E-state index contributed by atoms with van der Waals surface area (Å²) in [6, 6.07) is 8.18. The van der Waals surface area contributed by atoms with Crippen LogP contribution in [0, 0.1) is 5.92 Å². The molecule has 27 heavy (non-hydrogen) atoms. The lowest BCUT2D eigenvalue weighted by Gasteiger charge is -2.27. The lowest BCUT2D eigenvalue weighted by Crippen LogP contribution is -2.37. The number of benzene rings is 1. The molecule has 1 N–H and O–H groups in total. The van der Waals surface area contributed by atoms with Crippen LogP contribution in [0.3, 0.4) is 0 Å². The second-order valence-electron chi connectivity index (χ2n) is 7.35. The molecule has 3 heterocycles. The molecule has 1 saturated heterocycles. The highest BCUT2D eigenvalue weighted by Gasteiger charge is 2.20. The Hall–Kier alpha value is -2.73. The average Bonchev–Trinajstić information content (AvgIpc) is 3.05. The number of amides is 1. The molecule has 6 nitrogen and oxygen atoms in total. The number of nitrogens with one attached hydrogen (secondary N) is 1. The fourth-order valence-electron chi connectivity index (χ4n) is 3.85. The summed E-state index contributed by atoms with van der Waals surface area (Å²) in [5.41, 5.74) is 2.66. The largest absolute Gasteiger partial charge is 0.350 e. The third-order valence-corrected chi connectivity index (χ3v) is 5.37. The van der Waals surface area contributed by atoms with E-state index in [9.17, 15) is 4.79 Å². The SMILES string of the molecule is CN(CC1CCNCC1)C(=O)c1cnc(-c2cn(C)c3ccccc23)nc1. The highest BCUT2D eigenvalue weighted by atomic mass is 16.2. The molecule has 1 aliphatic rings. The number of piperidine rings is 1.